The van der Waals surface area contributed by atoms with Crippen LogP contribution in [-0.4, -0.2) is 37.7 Å². The normalized spacial score (nSPS) is 11.6. The zero-order valence-electron chi connectivity index (χ0n) is 16.0. The predicted octanol–water partition coefficient (Wildman–Crippen LogP) is 2.17. The van der Waals surface area contributed by atoms with Crippen molar-refractivity contribution < 1.29 is 27.3 Å². The first kappa shape index (κ1) is 21.3. The minimum atomic E-state index is -4.37. The molecule has 0 atom stereocenters. The number of nitrogens with zero attached hydrogens (tertiary/aromatic N) is 4. The van der Waals surface area contributed by atoms with Gasteiger partial charge in [0.1, 0.15) is 11.3 Å². The van der Waals surface area contributed by atoms with Crippen LogP contribution in [0, 0.1) is 0 Å². The number of alkyl halides is 3. The maximum Gasteiger partial charge on any atom is 0.389 e. The van der Waals surface area contributed by atoms with Crippen molar-refractivity contribution in [3.8, 4) is 0 Å². The summed E-state index contributed by atoms with van der Waals surface area (Å²) < 4.78 is 42.9. The number of imidazole rings is 1. The van der Waals surface area contributed by atoms with Crippen LogP contribution in [0.5, 0.6) is 0 Å². The molecular weight excluding hydrogens is 405 g/mol. The topological polar surface area (TPSA) is 114 Å². The molecule has 2 N–H and O–H groups in total. The number of aryl methyl sites for hydroxylation is 1. The van der Waals surface area contributed by atoms with Gasteiger partial charge in [0.15, 0.2) is 5.65 Å². The van der Waals surface area contributed by atoms with E-state index in [9.17, 15) is 22.8 Å². The lowest BCUT2D eigenvalue weighted by molar-refractivity contribution is -0.144. The summed E-state index contributed by atoms with van der Waals surface area (Å²) in [5.74, 6) is -0.536. The van der Waals surface area contributed by atoms with E-state index in [4.69, 9.17) is 4.52 Å². The van der Waals surface area contributed by atoms with Crippen LogP contribution in [0.3, 0.4) is 0 Å². The van der Waals surface area contributed by atoms with Crippen LogP contribution in [-0.2, 0) is 24.3 Å². The van der Waals surface area contributed by atoms with Crippen LogP contribution in [0.2, 0.25) is 0 Å². The average Bonchev–Trinajstić information content (AvgIpc) is 3.34. The third kappa shape index (κ3) is 5.55. The molecular formula is C18H19F3N6O3. The molecule has 0 aliphatic heterocycles. The fourth-order valence-corrected chi connectivity index (χ4v) is 2.66. The molecule has 2 amide bonds. The number of halogens is 3. The molecule has 0 fully saturated rings. The van der Waals surface area contributed by atoms with Crippen molar-refractivity contribution in [2.24, 2.45) is 0 Å². The molecule has 0 unspecified atom stereocenters. The molecule has 0 saturated carbocycles. The SMILES string of the molecule is CCc1oncc1C(=O)NCc1cn2ncc(CNC(=O)CCC(F)(F)F)cc2n1. The van der Waals surface area contributed by atoms with Gasteiger partial charge in [-0.1, -0.05) is 12.1 Å². The third-order valence-corrected chi connectivity index (χ3v) is 4.19. The van der Waals surface area contributed by atoms with Crippen molar-refractivity contribution in [2.45, 2.75) is 45.5 Å². The van der Waals surface area contributed by atoms with E-state index in [1.54, 1.807) is 12.3 Å². The van der Waals surface area contributed by atoms with E-state index < -0.39 is 24.9 Å². The number of nitrogens with one attached hydrogen (secondary N) is 2. The lowest BCUT2D eigenvalue weighted by Crippen LogP contribution is -2.24. The molecule has 12 heteroatoms. The zero-order chi connectivity index (χ0) is 21.7. The standard InChI is InChI=1S/C18H19F3N6O3/c1-2-14-13(9-25-30-14)17(29)23-8-12-10-27-15(26-12)5-11(7-24-27)6-22-16(28)3-4-18(19,20)21/h5,7,9-10H,2-4,6,8H2,1H3,(H,22,28)(H,23,29). The Bertz CT molecular complexity index is 1040. The smallest absolute Gasteiger partial charge is 0.361 e. The Balaban J connectivity index is 1.56. The summed E-state index contributed by atoms with van der Waals surface area (Å²) in [5, 5.41) is 12.9. The zero-order valence-corrected chi connectivity index (χ0v) is 16.0. The van der Waals surface area contributed by atoms with Gasteiger partial charge in [-0.2, -0.15) is 18.3 Å². The Kier molecular flexibility index (Phi) is 6.33. The summed E-state index contributed by atoms with van der Waals surface area (Å²) in [5.41, 5.74) is 1.97. The molecule has 3 aromatic rings. The molecule has 9 nitrogen and oxygen atoms in total. The van der Waals surface area contributed by atoms with Crippen LogP contribution >= 0.6 is 0 Å². The van der Waals surface area contributed by atoms with Gasteiger partial charge in [-0.25, -0.2) is 9.50 Å². The highest BCUT2D eigenvalue weighted by atomic mass is 19.4. The van der Waals surface area contributed by atoms with Crippen LogP contribution in [0.4, 0.5) is 13.2 Å². The molecule has 30 heavy (non-hydrogen) atoms. The van der Waals surface area contributed by atoms with E-state index in [2.05, 4.69) is 25.9 Å². The van der Waals surface area contributed by atoms with Gasteiger partial charge in [-0.05, 0) is 11.6 Å². The lowest BCUT2D eigenvalue weighted by atomic mass is 10.2. The molecule has 0 saturated heterocycles. The van der Waals surface area contributed by atoms with Crippen molar-refractivity contribution in [3.05, 3.63) is 47.2 Å². The van der Waals surface area contributed by atoms with E-state index in [1.165, 1.54) is 16.9 Å². The highest BCUT2D eigenvalue weighted by Crippen LogP contribution is 2.21. The summed E-state index contributed by atoms with van der Waals surface area (Å²) in [6, 6.07) is 1.65. The molecule has 0 bridgehead atoms. The maximum absolute atomic E-state index is 12.2. The molecule has 0 radical (unpaired) electrons. The third-order valence-electron chi connectivity index (χ3n) is 4.19. The summed E-state index contributed by atoms with van der Waals surface area (Å²) in [4.78, 5) is 28.1. The van der Waals surface area contributed by atoms with Gasteiger partial charge < -0.3 is 15.2 Å². The molecule has 0 aliphatic carbocycles. The summed E-state index contributed by atoms with van der Waals surface area (Å²) in [6.07, 6.45) is -1.16. The Labute approximate surface area is 168 Å². The maximum atomic E-state index is 12.2. The Hall–Kier alpha value is -3.44. The van der Waals surface area contributed by atoms with E-state index in [0.29, 0.717) is 34.6 Å². The predicted molar refractivity (Wildman–Crippen MR) is 97.2 cm³/mol. The molecule has 0 spiro atoms. The van der Waals surface area contributed by atoms with Gasteiger partial charge in [0.05, 0.1) is 37.3 Å². The number of fused-ring (bicyclic) bond motifs is 1. The number of hydrogen-bond acceptors (Lipinski definition) is 6. The quantitative estimate of drug-likeness (QED) is 0.573. The number of aromatic nitrogens is 4. The van der Waals surface area contributed by atoms with Gasteiger partial charge in [0.25, 0.3) is 5.91 Å². The summed E-state index contributed by atoms with van der Waals surface area (Å²) >= 11 is 0. The van der Waals surface area contributed by atoms with Crippen molar-refractivity contribution in [1.82, 2.24) is 30.4 Å². The van der Waals surface area contributed by atoms with Crippen molar-refractivity contribution in [2.75, 3.05) is 0 Å². The molecule has 160 valence electrons. The van der Waals surface area contributed by atoms with Gasteiger partial charge in [0.2, 0.25) is 5.91 Å². The van der Waals surface area contributed by atoms with Gasteiger partial charge in [-0.15, -0.1) is 0 Å². The fraction of sp³-hybridized carbons (Fsp3) is 0.389. The molecule has 0 aliphatic rings. The van der Waals surface area contributed by atoms with Crippen molar-refractivity contribution in [3.63, 3.8) is 0 Å². The minimum Gasteiger partial charge on any atom is -0.361 e. The lowest BCUT2D eigenvalue weighted by Gasteiger charge is -2.07. The van der Waals surface area contributed by atoms with E-state index in [-0.39, 0.29) is 19.0 Å². The van der Waals surface area contributed by atoms with Crippen LogP contribution in [0.15, 0.2) is 29.2 Å². The number of carbonyl (C=O) groups is 2. The second kappa shape index (κ2) is 8.93. The number of hydrogen-bond donors (Lipinski definition) is 2. The first-order valence-corrected chi connectivity index (χ1v) is 9.13. The minimum absolute atomic E-state index is 0.0341. The molecule has 3 rings (SSSR count). The van der Waals surface area contributed by atoms with E-state index in [1.807, 2.05) is 6.92 Å². The Morgan fingerprint density at radius 2 is 2.00 bits per heavy atom. The number of carbonyl (C=O) groups excluding carboxylic acids is 2. The number of rotatable bonds is 8. The first-order valence-electron chi connectivity index (χ1n) is 9.13. The van der Waals surface area contributed by atoms with Crippen molar-refractivity contribution in [1.29, 1.82) is 0 Å². The summed E-state index contributed by atoms with van der Waals surface area (Å²) in [6.45, 7) is 2.04. The van der Waals surface area contributed by atoms with E-state index >= 15 is 0 Å². The second-order valence-corrected chi connectivity index (χ2v) is 6.49. The average molecular weight is 424 g/mol. The fourth-order valence-electron chi connectivity index (χ4n) is 2.66. The van der Waals surface area contributed by atoms with Crippen molar-refractivity contribution >= 4 is 17.5 Å². The second-order valence-electron chi connectivity index (χ2n) is 6.49. The van der Waals surface area contributed by atoms with E-state index in [0.717, 1.165) is 0 Å². The largest absolute Gasteiger partial charge is 0.389 e. The Morgan fingerprint density at radius 3 is 2.73 bits per heavy atom. The highest BCUT2D eigenvalue weighted by Gasteiger charge is 2.27. The monoisotopic (exact) mass is 424 g/mol. The summed E-state index contributed by atoms with van der Waals surface area (Å²) in [7, 11) is 0. The first-order chi connectivity index (χ1) is 14.2. The van der Waals surface area contributed by atoms with Crippen LogP contribution in [0.1, 0.15) is 47.1 Å². The molecule has 0 aromatic carbocycles. The highest BCUT2D eigenvalue weighted by molar-refractivity contribution is 5.94. The Morgan fingerprint density at radius 1 is 1.20 bits per heavy atom. The van der Waals surface area contributed by atoms with Crippen LogP contribution in [0.25, 0.3) is 5.65 Å². The van der Waals surface area contributed by atoms with Gasteiger partial charge in [-0.3, -0.25) is 9.59 Å². The number of amides is 2. The van der Waals surface area contributed by atoms with Gasteiger partial charge >= 0.3 is 6.18 Å². The molecule has 3 aromatic heterocycles. The molecule has 3 heterocycles. The van der Waals surface area contributed by atoms with Gasteiger partial charge in [0, 0.05) is 19.4 Å². The van der Waals surface area contributed by atoms with Crippen LogP contribution < -0.4 is 10.6 Å².